The zero-order chi connectivity index (χ0) is 22.4. The summed E-state index contributed by atoms with van der Waals surface area (Å²) in [6.45, 7) is 1.64. The largest absolute Gasteiger partial charge is 0.484 e. The quantitative estimate of drug-likeness (QED) is 0.489. The first-order chi connectivity index (χ1) is 14.9. The van der Waals surface area contributed by atoms with Gasteiger partial charge in [-0.05, 0) is 41.8 Å². The van der Waals surface area contributed by atoms with Gasteiger partial charge in [0.2, 0.25) is 0 Å². The SMILES string of the molecule is CCCc1cc(=O)oc2cc(OCC(=O)N[C@@H](Cc3ccc(Cl)cc3)C(=O)O)ccc12. The summed E-state index contributed by atoms with van der Waals surface area (Å²) in [7, 11) is 0. The van der Waals surface area contributed by atoms with Gasteiger partial charge in [-0.3, -0.25) is 4.79 Å². The number of halogens is 1. The Hall–Kier alpha value is -3.32. The molecule has 3 rings (SSSR count). The molecule has 3 aromatic rings. The third-order valence-electron chi connectivity index (χ3n) is 4.68. The zero-order valence-corrected chi connectivity index (χ0v) is 17.6. The molecule has 1 atom stereocenters. The summed E-state index contributed by atoms with van der Waals surface area (Å²) >= 11 is 5.84. The van der Waals surface area contributed by atoms with E-state index in [4.69, 9.17) is 20.8 Å². The molecule has 1 aromatic heterocycles. The Kier molecular flexibility index (Phi) is 7.31. The fourth-order valence-electron chi connectivity index (χ4n) is 3.22. The number of ether oxygens (including phenoxy) is 1. The fraction of sp³-hybridized carbons (Fsp3) is 0.261. The molecular weight excluding hydrogens is 422 g/mol. The summed E-state index contributed by atoms with van der Waals surface area (Å²) in [4.78, 5) is 35.5. The third-order valence-corrected chi connectivity index (χ3v) is 4.93. The number of carboxylic acid groups (broad SMARTS) is 1. The maximum absolute atomic E-state index is 12.2. The molecule has 0 radical (unpaired) electrons. The summed E-state index contributed by atoms with van der Waals surface area (Å²) in [5, 5.41) is 13.2. The molecule has 1 heterocycles. The van der Waals surface area contributed by atoms with Crippen LogP contribution in [0.25, 0.3) is 11.0 Å². The van der Waals surface area contributed by atoms with E-state index in [0.717, 1.165) is 29.4 Å². The number of carboxylic acids is 1. The van der Waals surface area contributed by atoms with Crippen LogP contribution in [-0.4, -0.2) is 29.6 Å². The Morgan fingerprint density at radius 2 is 1.90 bits per heavy atom. The van der Waals surface area contributed by atoms with E-state index in [1.54, 1.807) is 42.5 Å². The molecule has 1 amide bonds. The summed E-state index contributed by atoms with van der Waals surface area (Å²) in [5.74, 6) is -1.40. The van der Waals surface area contributed by atoms with Crippen LogP contribution in [0.3, 0.4) is 0 Å². The molecule has 162 valence electrons. The molecule has 0 aliphatic carbocycles. The normalized spacial score (nSPS) is 11.8. The highest BCUT2D eigenvalue weighted by molar-refractivity contribution is 6.30. The van der Waals surface area contributed by atoms with E-state index in [2.05, 4.69) is 5.32 Å². The molecule has 0 aliphatic heterocycles. The molecule has 0 unspecified atom stereocenters. The molecule has 2 aromatic carbocycles. The predicted molar refractivity (Wildman–Crippen MR) is 117 cm³/mol. The van der Waals surface area contributed by atoms with Crippen LogP contribution in [-0.2, 0) is 22.4 Å². The molecule has 7 nitrogen and oxygen atoms in total. The number of nitrogens with one attached hydrogen (secondary N) is 1. The lowest BCUT2D eigenvalue weighted by atomic mass is 10.1. The zero-order valence-electron chi connectivity index (χ0n) is 16.9. The van der Waals surface area contributed by atoms with Gasteiger partial charge < -0.3 is 19.6 Å². The highest BCUT2D eigenvalue weighted by Crippen LogP contribution is 2.23. The van der Waals surface area contributed by atoms with Gasteiger partial charge in [0, 0.05) is 29.0 Å². The lowest BCUT2D eigenvalue weighted by Crippen LogP contribution is -2.44. The van der Waals surface area contributed by atoms with Gasteiger partial charge in [-0.25, -0.2) is 9.59 Å². The van der Waals surface area contributed by atoms with Crippen LogP contribution in [0.2, 0.25) is 5.02 Å². The van der Waals surface area contributed by atoms with Crippen molar-refractivity contribution in [1.29, 1.82) is 0 Å². The predicted octanol–water partition coefficient (Wildman–Crippen LogP) is 3.59. The van der Waals surface area contributed by atoms with E-state index in [-0.39, 0.29) is 13.0 Å². The number of aryl methyl sites for hydroxylation is 1. The summed E-state index contributed by atoms with van der Waals surface area (Å²) in [6, 6.07) is 12.1. The minimum absolute atomic E-state index is 0.111. The molecule has 0 aliphatic rings. The van der Waals surface area contributed by atoms with Gasteiger partial charge in [0.15, 0.2) is 6.61 Å². The standard InChI is InChI=1S/C23H22ClNO6/c1-2-3-15-11-22(27)31-20-12-17(8-9-18(15)20)30-13-21(26)25-19(23(28)29)10-14-4-6-16(24)7-5-14/h4-9,11-12,19H,2-3,10,13H2,1H3,(H,25,26)(H,28,29)/t19-/m0/s1. The average molecular weight is 444 g/mol. The Morgan fingerprint density at radius 1 is 1.16 bits per heavy atom. The monoisotopic (exact) mass is 443 g/mol. The third kappa shape index (κ3) is 6.08. The minimum atomic E-state index is -1.15. The maximum Gasteiger partial charge on any atom is 0.336 e. The fourth-order valence-corrected chi connectivity index (χ4v) is 3.34. The van der Waals surface area contributed by atoms with Crippen molar-refractivity contribution in [3.8, 4) is 5.75 Å². The number of fused-ring (bicyclic) bond motifs is 1. The van der Waals surface area contributed by atoms with Crippen molar-refractivity contribution in [1.82, 2.24) is 5.32 Å². The van der Waals surface area contributed by atoms with Crippen LogP contribution < -0.4 is 15.7 Å². The van der Waals surface area contributed by atoms with E-state index in [0.29, 0.717) is 16.4 Å². The molecule has 0 spiro atoms. The van der Waals surface area contributed by atoms with Crippen molar-refractivity contribution >= 4 is 34.4 Å². The number of benzene rings is 2. The maximum atomic E-state index is 12.2. The second kappa shape index (κ2) is 10.1. The Bertz CT molecular complexity index is 1140. The molecule has 0 bridgehead atoms. The molecule has 2 N–H and O–H groups in total. The van der Waals surface area contributed by atoms with Gasteiger partial charge in [-0.2, -0.15) is 0 Å². The van der Waals surface area contributed by atoms with Crippen molar-refractivity contribution in [2.75, 3.05) is 6.61 Å². The van der Waals surface area contributed by atoms with Gasteiger partial charge >= 0.3 is 11.6 Å². The number of hydrogen-bond donors (Lipinski definition) is 2. The Morgan fingerprint density at radius 3 is 2.58 bits per heavy atom. The first-order valence-electron chi connectivity index (χ1n) is 9.82. The van der Waals surface area contributed by atoms with Gasteiger partial charge in [0.05, 0.1) is 0 Å². The number of carbonyl (C=O) groups is 2. The minimum Gasteiger partial charge on any atom is -0.484 e. The smallest absolute Gasteiger partial charge is 0.336 e. The topological polar surface area (TPSA) is 106 Å². The number of carbonyl (C=O) groups excluding carboxylic acids is 1. The van der Waals surface area contributed by atoms with Crippen LogP contribution in [0.5, 0.6) is 5.75 Å². The first kappa shape index (κ1) is 22.4. The number of rotatable bonds is 9. The van der Waals surface area contributed by atoms with Crippen molar-refractivity contribution in [2.24, 2.45) is 0 Å². The summed E-state index contributed by atoms with van der Waals surface area (Å²) < 4.78 is 10.7. The summed E-state index contributed by atoms with van der Waals surface area (Å²) in [5.41, 5.74) is 1.55. The van der Waals surface area contributed by atoms with Crippen LogP contribution in [0.15, 0.2) is 57.7 Å². The van der Waals surface area contributed by atoms with Gasteiger partial charge in [-0.1, -0.05) is 37.1 Å². The molecule has 8 heteroatoms. The Balaban J connectivity index is 1.64. The second-order valence-electron chi connectivity index (χ2n) is 7.08. The lowest BCUT2D eigenvalue weighted by molar-refractivity contribution is -0.142. The Labute approximate surface area is 183 Å². The molecule has 0 saturated heterocycles. The average Bonchev–Trinajstić information content (AvgIpc) is 2.73. The van der Waals surface area contributed by atoms with Gasteiger partial charge in [0.25, 0.3) is 5.91 Å². The molecule has 0 saturated carbocycles. The number of hydrogen-bond acceptors (Lipinski definition) is 5. The van der Waals surface area contributed by atoms with E-state index in [1.165, 1.54) is 6.07 Å². The highest BCUT2D eigenvalue weighted by atomic mass is 35.5. The van der Waals surface area contributed by atoms with Crippen LogP contribution in [0, 0.1) is 0 Å². The van der Waals surface area contributed by atoms with E-state index >= 15 is 0 Å². The first-order valence-corrected chi connectivity index (χ1v) is 10.2. The van der Waals surface area contributed by atoms with Crippen LogP contribution in [0.4, 0.5) is 0 Å². The van der Waals surface area contributed by atoms with Gasteiger partial charge in [0.1, 0.15) is 17.4 Å². The van der Waals surface area contributed by atoms with Crippen molar-refractivity contribution in [3.63, 3.8) is 0 Å². The lowest BCUT2D eigenvalue weighted by Gasteiger charge is -2.15. The van der Waals surface area contributed by atoms with Crippen LogP contribution >= 0.6 is 11.6 Å². The molecular formula is C23H22ClNO6. The van der Waals surface area contributed by atoms with Crippen LogP contribution in [0.1, 0.15) is 24.5 Å². The highest BCUT2D eigenvalue weighted by Gasteiger charge is 2.20. The van der Waals surface area contributed by atoms with Crippen molar-refractivity contribution in [2.45, 2.75) is 32.2 Å². The summed E-state index contributed by atoms with van der Waals surface area (Å²) in [6.07, 6.45) is 1.74. The van der Waals surface area contributed by atoms with E-state index in [9.17, 15) is 19.5 Å². The molecule has 31 heavy (non-hydrogen) atoms. The number of aliphatic carboxylic acids is 1. The van der Waals surface area contributed by atoms with E-state index < -0.39 is 23.5 Å². The second-order valence-corrected chi connectivity index (χ2v) is 7.51. The number of amides is 1. The van der Waals surface area contributed by atoms with Crippen molar-refractivity contribution < 1.29 is 23.8 Å². The van der Waals surface area contributed by atoms with Crippen molar-refractivity contribution in [3.05, 3.63) is 75.1 Å². The van der Waals surface area contributed by atoms with E-state index in [1.807, 2.05) is 6.92 Å². The van der Waals surface area contributed by atoms with Gasteiger partial charge in [-0.15, -0.1) is 0 Å². The molecule has 0 fully saturated rings.